The molecule has 0 bridgehead atoms. The summed E-state index contributed by atoms with van der Waals surface area (Å²) in [7, 11) is 1.55. The van der Waals surface area contributed by atoms with Gasteiger partial charge in [-0.15, -0.1) is 0 Å². The standard InChI is InChI=1S/C42H81N2O6P/c1-6-8-10-12-14-16-18-19-20-21-22-23-24-25-26-28-30-32-34-36-42(46)43-40(39-50-51(47,48)49-38-37-44(3,4)5)41(45)35-33-31-29-27-17-15-13-11-9-7-2/h17,19-20,27,33,35,40-41,45H,6-16,18,21-26,28-32,34,36-39H2,1-5H3,(H-,43,46,47,48)/p+1/b20-19-,27-17+,35-33+. The normalized spacial score (nSPS) is 14.9. The molecule has 0 radical (unpaired) electrons. The van der Waals surface area contributed by atoms with E-state index >= 15 is 0 Å². The van der Waals surface area contributed by atoms with E-state index in [1.54, 1.807) is 6.08 Å². The van der Waals surface area contributed by atoms with E-state index in [0.717, 1.165) is 38.5 Å². The van der Waals surface area contributed by atoms with E-state index < -0.39 is 20.0 Å². The molecule has 0 fully saturated rings. The maximum absolute atomic E-state index is 12.8. The van der Waals surface area contributed by atoms with Gasteiger partial charge in [0.05, 0.1) is 39.9 Å². The molecule has 0 aromatic rings. The molecule has 3 unspecified atom stereocenters. The topological polar surface area (TPSA) is 105 Å². The number of phosphoric ester groups is 1. The Balaban J connectivity index is 4.39. The summed E-state index contributed by atoms with van der Waals surface area (Å²) in [6.45, 7) is 4.74. The number of nitrogens with zero attached hydrogens (tertiary/aromatic N) is 1. The largest absolute Gasteiger partial charge is 0.472 e. The SMILES string of the molecule is CCCCCC/C=C/CC/C=C/C(O)C(COP(=O)(O)OCC[N+](C)(C)C)NC(=O)CCCCCCCCCCC/C=C\CCCCCCCC. The van der Waals surface area contributed by atoms with E-state index in [-0.39, 0.29) is 19.1 Å². The van der Waals surface area contributed by atoms with E-state index in [2.05, 4.69) is 43.5 Å². The fourth-order valence-electron chi connectivity index (χ4n) is 5.70. The van der Waals surface area contributed by atoms with Crippen molar-refractivity contribution in [3.05, 3.63) is 36.5 Å². The van der Waals surface area contributed by atoms with Crippen LogP contribution in [-0.4, -0.2) is 73.4 Å². The van der Waals surface area contributed by atoms with Crippen LogP contribution < -0.4 is 5.32 Å². The molecule has 1 amide bonds. The highest BCUT2D eigenvalue weighted by molar-refractivity contribution is 7.47. The van der Waals surface area contributed by atoms with E-state index in [1.165, 1.54) is 116 Å². The van der Waals surface area contributed by atoms with Crippen molar-refractivity contribution in [2.45, 2.75) is 187 Å². The van der Waals surface area contributed by atoms with Gasteiger partial charge in [0.1, 0.15) is 13.2 Å². The highest BCUT2D eigenvalue weighted by atomic mass is 31.2. The number of likely N-dealkylation sites (N-methyl/N-ethyl adjacent to an activating group) is 1. The van der Waals surface area contributed by atoms with E-state index in [9.17, 15) is 19.4 Å². The van der Waals surface area contributed by atoms with Crippen LogP contribution in [0.4, 0.5) is 0 Å². The van der Waals surface area contributed by atoms with Gasteiger partial charge in [0.15, 0.2) is 0 Å². The molecule has 51 heavy (non-hydrogen) atoms. The Bertz CT molecular complexity index is 933. The third-order valence-corrected chi connectivity index (χ3v) is 10.1. The second kappa shape index (κ2) is 34.5. The summed E-state index contributed by atoms with van der Waals surface area (Å²) in [6.07, 6.45) is 40.7. The zero-order valence-electron chi connectivity index (χ0n) is 33.8. The van der Waals surface area contributed by atoms with Gasteiger partial charge in [-0.25, -0.2) is 4.57 Å². The highest BCUT2D eigenvalue weighted by Gasteiger charge is 2.27. The third kappa shape index (κ3) is 36.9. The van der Waals surface area contributed by atoms with E-state index in [0.29, 0.717) is 17.4 Å². The van der Waals surface area contributed by atoms with Gasteiger partial charge in [0.2, 0.25) is 5.91 Å². The van der Waals surface area contributed by atoms with Crippen LogP contribution in [0.2, 0.25) is 0 Å². The van der Waals surface area contributed by atoms with Gasteiger partial charge >= 0.3 is 7.82 Å². The van der Waals surface area contributed by atoms with E-state index in [4.69, 9.17) is 9.05 Å². The first-order chi connectivity index (χ1) is 24.5. The minimum absolute atomic E-state index is 0.0554. The molecule has 0 spiro atoms. The molecule has 0 aliphatic heterocycles. The Labute approximate surface area is 315 Å². The van der Waals surface area contributed by atoms with Gasteiger partial charge in [-0.05, 0) is 57.8 Å². The number of hydrogen-bond acceptors (Lipinski definition) is 5. The Morgan fingerprint density at radius 1 is 0.647 bits per heavy atom. The smallest absolute Gasteiger partial charge is 0.387 e. The van der Waals surface area contributed by atoms with Crippen LogP contribution in [0.1, 0.15) is 174 Å². The third-order valence-electron chi connectivity index (χ3n) is 9.08. The molecule has 0 heterocycles. The Kier molecular flexibility index (Phi) is 33.6. The molecule has 0 saturated carbocycles. The summed E-state index contributed by atoms with van der Waals surface area (Å²) in [6, 6.07) is -0.860. The second-order valence-electron chi connectivity index (χ2n) is 15.4. The van der Waals surface area contributed by atoms with Crippen molar-refractivity contribution in [2.24, 2.45) is 0 Å². The van der Waals surface area contributed by atoms with Gasteiger partial charge < -0.3 is 19.8 Å². The van der Waals surface area contributed by atoms with Gasteiger partial charge in [-0.3, -0.25) is 13.8 Å². The van der Waals surface area contributed by atoms with Crippen LogP contribution >= 0.6 is 7.82 Å². The minimum atomic E-state index is -4.34. The summed E-state index contributed by atoms with van der Waals surface area (Å²) >= 11 is 0. The summed E-state index contributed by atoms with van der Waals surface area (Å²) in [4.78, 5) is 23.0. The summed E-state index contributed by atoms with van der Waals surface area (Å²) in [5.41, 5.74) is 0. The maximum Gasteiger partial charge on any atom is 0.472 e. The molecule has 0 aromatic carbocycles. The molecule has 8 nitrogen and oxygen atoms in total. The number of rotatable bonds is 37. The molecule has 0 aliphatic rings. The lowest BCUT2D eigenvalue weighted by Gasteiger charge is -2.25. The molecule has 3 N–H and O–H groups in total. The van der Waals surface area contributed by atoms with Crippen molar-refractivity contribution in [1.29, 1.82) is 0 Å². The number of carbonyl (C=O) groups excluding carboxylic acids is 1. The molecule has 0 saturated heterocycles. The number of allylic oxidation sites excluding steroid dienone is 5. The number of amides is 1. The van der Waals surface area contributed by atoms with Gasteiger partial charge in [-0.1, -0.05) is 147 Å². The van der Waals surface area contributed by atoms with Gasteiger partial charge in [-0.2, -0.15) is 0 Å². The zero-order valence-corrected chi connectivity index (χ0v) is 34.7. The summed E-state index contributed by atoms with van der Waals surface area (Å²) in [5, 5.41) is 13.7. The lowest BCUT2D eigenvalue weighted by Crippen LogP contribution is -2.45. The Hall–Kier alpha value is -1.28. The number of aliphatic hydroxyl groups excluding tert-OH is 1. The Morgan fingerprint density at radius 3 is 1.59 bits per heavy atom. The molecule has 9 heteroatoms. The van der Waals surface area contributed by atoms with Crippen LogP contribution in [0.3, 0.4) is 0 Å². The van der Waals surface area contributed by atoms with Crippen LogP contribution in [-0.2, 0) is 18.4 Å². The molecule has 0 aromatic heterocycles. The summed E-state index contributed by atoms with van der Waals surface area (Å²) < 4.78 is 23.4. The van der Waals surface area contributed by atoms with E-state index in [1.807, 2.05) is 27.2 Å². The Morgan fingerprint density at radius 2 is 1.08 bits per heavy atom. The molecular weight excluding hydrogens is 659 g/mol. The van der Waals surface area contributed by atoms with Crippen molar-refractivity contribution in [1.82, 2.24) is 5.32 Å². The number of carbonyl (C=O) groups is 1. The lowest BCUT2D eigenvalue weighted by atomic mass is 10.0. The van der Waals surface area contributed by atoms with Gasteiger partial charge in [0.25, 0.3) is 0 Å². The monoisotopic (exact) mass is 742 g/mol. The number of nitrogens with one attached hydrogen (secondary N) is 1. The quantitative estimate of drug-likeness (QED) is 0.0253. The number of phosphoric acid groups is 1. The van der Waals surface area contributed by atoms with Crippen molar-refractivity contribution in [3.8, 4) is 0 Å². The molecular formula is C42H82N2O6P+. The first-order valence-corrected chi connectivity index (χ1v) is 22.4. The van der Waals surface area contributed by atoms with Gasteiger partial charge in [0, 0.05) is 6.42 Å². The number of quaternary nitrogens is 1. The predicted octanol–water partition coefficient (Wildman–Crippen LogP) is 11.1. The predicted molar refractivity (Wildman–Crippen MR) is 217 cm³/mol. The molecule has 3 atom stereocenters. The average Bonchev–Trinajstić information content (AvgIpc) is 3.07. The molecule has 0 rings (SSSR count). The van der Waals surface area contributed by atoms with Crippen molar-refractivity contribution in [3.63, 3.8) is 0 Å². The fraction of sp³-hybridized carbons (Fsp3) is 0.833. The average molecular weight is 742 g/mol. The summed E-state index contributed by atoms with van der Waals surface area (Å²) in [5.74, 6) is -0.193. The lowest BCUT2D eigenvalue weighted by molar-refractivity contribution is -0.870. The minimum Gasteiger partial charge on any atom is -0.387 e. The first-order valence-electron chi connectivity index (χ1n) is 20.9. The molecule has 0 aliphatic carbocycles. The van der Waals surface area contributed by atoms with Crippen molar-refractivity contribution in [2.75, 3.05) is 40.9 Å². The zero-order chi connectivity index (χ0) is 37.9. The van der Waals surface area contributed by atoms with Crippen LogP contribution in [0.25, 0.3) is 0 Å². The molecule has 300 valence electrons. The van der Waals surface area contributed by atoms with Crippen molar-refractivity contribution < 1.29 is 32.9 Å². The highest BCUT2D eigenvalue weighted by Crippen LogP contribution is 2.43. The second-order valence-corrected chi connectivity index (χ2v) is 16.8. The number of aliphatic hydroxyl groups is 1. The fourth-order valence-corrected chi connectivity index (χ4v) is 6.43. The number of unbranched alkanes of at least 4 members (excludes halogenated alkanes) is 20. The first kappa shape index (κ1) is 49.7. The maximum atomic E-state index is 12.8. The number of hydrogen-bond donors (Lipinski definition) is 3. The van der Waals surface area contributed by atoms with Crippen molar-refractivity contribution >= 4 is 13.7 Å². The van der Waals surface area contributed by atoms with Crippen LogP contribution in [0.5, 0.6) is 0 Å². The van der Waals surface area contributed by atoms with Crippen LogP contribution in [0.15, 0.2) is 36.5 Å². The van der Waals surface area contributed by atoms with Crippen LogP contribution in [0, 0.1) is 0 Å².